The quantitative estimate of drug-likeness (QED) is 0.670. The normalized spacial score (nSPS) is 16.4. The molecule has 9 nitrogen and oxygen atoms in total. The van der Waals surface area contributed by atoms with E-state index in [2.05, 4.69) is 20.0 Å². The Bertz CT molecular complexity index is 964. The number of nitrogens with one attached hydrogen (secondary N) is 2. The number of H-pyrrole nitrogens is 1. The Balaban J connectivity index is 1.93. The van der Waals surface area contributed by atoms with Gasteiger partial charge in [0.05, 0.1) is 32.7 Å². The molecule has 1 aromatic heterocycles. The molecule has 30 heavy (non-hydrogen) atoms. The molecule has 1 aliphatic heterocycles. The number of esters is 2. The second-order valence-corrected chi connectivity index (χ2v) is 7.43. The maximum atomic E-state index is 13.1. The van der Waals surface area contributed by atoms with Gasteiger partial charge in [-0.15, -0.1) is 0 Å². The van der Waals surface area contributed by atoms with E-state index in [9.17, 15) is 14.4 Å². The summed E-state index contributed by atoms with van der Waals surface area (Å²) in [6, 6.07) is 2.61. The molecule has 2 aromatic rings. The van der Waals surface area contributed by atoms with Crippen LogP contribution in [-0.4, -0.2) is 59.6 Å². The third-order valence-corrected chi connectivity index (χ3v) is 5.39. The van der Waals surface area contributed by atoms with Crippen molar-refractivity contribution >= 4 is 41.2 Å². The molecule has 2 heterocycles. The number of halogens is 2. The summed E-state index contributed by atoms with van der Waals surface area (Å²) in [5.41, 5.74) is 2.16. The van der Waals surface area contributed by atoms with Gasteiger partial charge in [-0.05, 0) is 17.7 Å². The summed E-state index contributed by atoms with van der Waals surface area (Å²) in [4.78, 5) is 45.8. The number of aromatic amines is 1. The van der Waals surface area contributed by atoms with Crippen LogP contribution in [0, 0.1) is 0 Å². The number of imidazole rings is 1. The number of aromatic nitrogens is 2. The van der Waals surface area contributed by atoms with Gasteiger partial charge in [0, 0.05) is 28.7 Å². The van der Waals surface area contributed by atoms with E-state index in [1.165, 1.54) is 19.1 Å². The molecule has 0 saturated heterocycles. The maximum absolute atomic E-state index is 13.1. The van der Waals surface area contributed by atoms with Gasteiger partial charge in [-0.1, -0.05) is 29.3 Å². The van der Waals surface area contributed by atoms with E-state index < -0.39 is 30.1 Å². The van der Waals surface area contributed by atoms with Crippen molar-refractivity contribution in [2.45, 2.75) is 24.9 Å². The molecule has 3 rings (SSSR count). The first-order chi connectivity index (χ1) is 14.3. The zero-order valence-corrected chi connectivity index (χ0v) is 17.8. The zero-order chi connectivity index (χ0) is 21.8. The summed E-state index contributed by atoms with van der Waals surface area (Å²) in [5, 5.41) is 3.40. The molecule has 0 bridgehead atoms. The number of hydrogen-bond acceptors (Lipinski definition) is 6. The Morgan fingerprint density at radius 3 is 2.73 bits per heavy atom. The van der Waals surface area contributed by atoms with Crippen molar-refractivity contribution in [3.63, 3.8) is 0 Å². The Hall–Kier alpha value is -2.78. The Morgan fingerprint density at radius 2 is 2.07 bits per heavy atom. The number of urea groups is 1. The van der Waals surface area contributed by atoms with Gasteiger partial charge >= 0.3 is 18.0 Å². The fourth-order valence-electron chi connectivity index (χ4n) is 3.35. The van der Waals surface area contributed by atoms with Gasteiger partial charge in [-0.3, -0.25) is 4.79 Å². The van der Waals surface area contributed by atoms with Crippen LogP contribution in [-0.2, 0) is 25.5 Å². The van der Waals surface area contributed by atoms with Crippen molar-refractivity contribution in [2.75, 3.05) is 20.8 Å². The lowest BCUT2D eigenvalue weighted by molar-refractivity contribution is -0.149. The van der Waals surface area contributed by atoms with Crippen LogP contribution in [0.4, 0.5) is 4.79 Å². The average molecular weight is 455 g/mol. The molecule has 2 atom stereocenters. The third kappa shape index (κ3) is 4.52. The first kappa shape index (κ1) is 21.9. The molecular formula is C19H20Cl2N4O5. The van der Waals surface area contributed by atoms with Crippen LogP contribution in [0.1, 0.15) is 29.4 Å². The Morgan fingerprint density at radius 1 is 1.30 bits per heavy atom. The number of amides is 2. The largest absolute Gasteiger partial charge is 0.469 e. The van der Waals surface area contributed by atoms with Crippen molar-refractivity contribution in [2.24, 2.45) is 0 Å². The summed E-state index contributed by atoms with van der Waals surface area (Å²) in [7, 11) is 2.37. The fraction of sp³-hybridized carbons (Fsp3) is 0.368. The van der Waals surface area contributed by atoms with E-state index in [1.54, 1.807) is 24.5 Å². The molecule has 0 fully saturated rings. The number of hydrogen-bond donors (Lipinski definition) is 2. The van der Waals surface area contributed by atoms with Crippen LogP contribution < -0.4 is 5.32 Å². The van der Waals surface area contributed by atoms with Gasteiger partial charge < -0.3 is 24.7 Å². The summed E-state index contributed by atoms with van der Waals surface area (Å²) in [6.07, 6.45) is 1.73. The van der Waals surface area contributed by atoms with Gasteiger partial charge in [0.1, 0.15) is 12.1 Å². The molecule has 2 unspecified atom stereocenters. The molecule has 0 spiro atoms. The number of carbonyl (C=O) groups excluding carboxylic acids is 3. The SMILES string of the molecule is COC(=O)CC(NC(=O)N1CCc2[nH]cnc2C1c1ccc(Cl)cc1Cl)C(=O)OC. The van der Waals surface area contributed by atoms with Gasteiger partial charge in [0.15, 0.2) is 0 Å². The first-order valence-corrected chi connectivity index (χ1v) is 9.80. The lowest BCUT2D eigenvalue weighted by Crippen LogP contribution is -2.52. The zero-order valence-electron chi connectivity index (χ0n) is 16.3. The molecule has 11 heteroatoms. The minimum atomic E-state index is -1.20. The van der Waals surface area contributed by atoms with Gasteiger partial charge in [0.2, 0.25) is 0 Å². The standard InChI is InChI=1S/C19H20Cl2N4O5/c1-29-15(26)8-14(18(27)30-2)24-19(28)25-6-5-13-16(23-9-22-13)17(25)11-4-3-10(20)7-12(11)21/h3-4,7,9,14,17H,5-6,8H2,1-2H3,(H,22,23)(H,24,28). The molecule has 160 valence electrons. The van der Waals surface area contributed by atoms with E-state index in [-0.39, 0.29) is 6.42 Å². The van der Waals surface area contributed by atoms with Crippen molar-refractivity contribution in [3.05, 3.63) is 51.5 Å². The van der Waals surface area contributed by atoms with Crippen LogP contribution in [0.15, 0.2) is 24.5 Å². The highest BCUT2D eigenvalue weighted by Gasteiger charge is 2.37. The van der Waals surface area contributed by atoms with E-state index >= 15 is 0 Å². The molecule has 0 saturated carbocycles. The maximum Gasteiger partial charge on any atom is 0.329 e. The van der Waals surface area contributed by atoms with Gasteiger partial charge in [-0.2, -0.15) is 0 Å². The molecular weight excluding hydrogens is 435 g/mol. The predicted molar refractivity (Wildman–Crippen MR) is 108 cm³/mol. The van der Waals surface area contributed by atoms with Gasteiger partial charge in [0.25, 0.3) is 0 Å². The first-order valence-electron chi connectivity index (χ1n) is 9.04. The van der Waals surface area contributed by atoms with Crippen LogP contribution in [0.3, 0.4) is 0 Å². The van der Waals surface area contributed by atoms with Crippen molar-refractivity contribution < 1.29 is 23.9 Å². The molecule has 1 aliphatic rings. The van der Waals surface area contributed by atoms with Crippen LogP contribution in [0.5, 0.6) is 0 Å². The molecule has 2 amide bonds. The van der Waals surface area contributed by atoms with E-state index in [0.717, 1.165) is 5.69 Å². The van der Waals surface area contributed by atoms with Crippen LogP contribution >= 0.6 is 23.2 Å². The van der Waals surface area contributed by atoms with E-state index in [1.807, 2.05) is 0 Å². The Labute approximate surface area is 182 Å². The lowest BCUT2D eigenvalue weighted by Gasteiger charge is -2.36. The number of fused-ring (bicyclic) bond motifs is 1. The summed E-state index contributed by atoms with van der Waals surface area (Å²) >= 11 is 12.4. The number of methoxy groups -OCH3 is 2. The summed E-state index contributed by atoms with van der Waals surface area (Å²) < 4.78 is 9.30. The van der Waals surface area contributed by atoms with Crippen LogP contribution in [0.2, 0.25) is 10.0 Å². The lowest BCUT2D eigenvalue weighted by atomic mass is 9.96. The second-order valence-electron chi connectivity index (χ2n) is 6.58. The topological polar surface area (TPSA) is 114 Å². The minimum absolute atomic E-state index is 0.330. The van der Waals surface area contributed by atoms with E-state index in [4.69, 9.17) is 27.9 Å². The third-order valence-electron chi connectivity index (χ3n) is 4.82. The predicted octanol–water partition coefficient (Wildman–Crippen LogP) is 2.48. The minimum Gasteiger partial charge on any atom is -0.469 e. The molecule has 1 aromatic carbocycles. The average Bonchev–Trinajstić information content (AvgIpc) is 3.21. The van der Waals surface area contributed by atoms with Gasteiger partial charge in [-0.25, -0.2) is 14.6 Å². The summed E-state index contributed by atoms with van der Waals surface area (Å²) in [6.45, 7) is 0.330. The molecule has 2 N–H and O–H groups in total. The van der Waals surface area contributed by atoms with Crippen molar-refractivity contribution in [1.82, 2.24) is 20.2 Å². The number of nitrogens with zero attached hydrogens (tertiary/aromatic N) is 2. The number of rotatable bonds is 5. The second kappa shape index (κ2) is 9.36. The summed E-state index contributed by atoms with van der Waals surface area (Å²) in [5.74, 6) is -1.41. The Kier molecular flexibility index (Phi) is 6.84. The molecule has 0 aliphatic carbocycles. The highest BCUT2D eigenvalue weighted by Crippen LogP contribution is 2.37. The molecule has 0 radical (unpaired) electrons. The van der Waals surface area contributed by atoms with Crippen LogP contribution in [0.25, 0.3) is 0 Å². The van der Waals surface area contributed by atoms with E-state index in [0.29, 0.717) is 34.3 Å². The highest BCUT2D eigenvalue weighted by atomic mass is 35.5. The van der Waals surface area contributed by atoms with Crippen molar-refractivity contribution in [1.29, 1.82) is 0 Å². The number of carbonyl (C=O) groups is 3. The number of benzene rings is 1. The highest BCUT2D eigenvalue weighted by molar-refractivity contribution is 6.35. The monoisotopic (exact) mass is 454 g/mol. The van der Waals surface area contributed by atoms with Crippen molar-refractivity contribution in [3.8, 4) is 0 Å². The smallest absolute Gasteiger partial charge is 0.329 e. The number of ether oxygens (including phenoxy) is 2. The fourth-order valence-corrected chi connectivity index (χ4v) is 3.86.